The molecule has 1 aliphatic rings. The summed E-state index contributed by atoms with van der Waals surface area (Å²) in [6.45, 7) is 6.21. The van der Waals surface area contributed by atoms with Crippen LogP contribution in [-0.4, -0.2) is 10.2 Å². The molecule has 0 bridgehead atoms. The summed E-state index contributed by atoms with van der Waals surface area (Å²) < 4.78 is 5.52. The van der Waals surface area contributed by atoms with Gasteiger partial charge in [0.2, 0.25) is 11.8 Å². The Morgan fingerprint density at radius 1 is 1.48 bits per heavy atom. The van der Waals surface area contributed by atoms with Gasteiger partial charge in [-0.2, -0.15) is 5.26 Å². The molecule has 5 nitrogen and oxygen atoms in total. The molecule has 108 valence electrons. The first-order valence-electron chi connectivity index (χ1n) is 6.75. The second-order valence-electron chi connectivity index (χ2n) is 5.38. The van der Waals surface area contributed by atoms with Crippen LogP contribution in [0.2, 0.25) is 0 Å². The zero-order valence-corrected chi connectivity index (χ0v) is 12.9. The maximum Gasteiger partial charge on any atom is 0.244 e. The lowest BCUT2D eigenvalue weighted by atomic mass is 9.86. The van der Waals surface area contributed by atoms with Crippen LogP contribution in [0.4, 0.5) is 0 Å². The Balaban J connectivity index is 2.24. The Kier molecular flexibility index (Phi) is 3.22. The number of nitrogens with zero attached hydrogens (tertiary/aromatic N) is 2. The molecule has 2 aromatic heterocycles. The van der Waals surface area contributed by atoms with Crippen molar-refractivity contribution in [2.45, 2.75) is 32.6 Å². The lowest BCUT2D eigenvalue weighted by Crippen LogP contribution is -2.21. The van der Waals surface area contributed by atoms with Crippen LogP contribution in [0.25, 0.3) is 0 Å². The molecule has 0 unspecified atom stereocenters. The van der Waals surface area contributed by atoms with Gasteiger partial charge in [0.15, 0.2) is 0 Å². The molecule has 3 N–H and O–H groups in total. The first-order valence-corrected chi connectivity index (χ1v) is 7.56. The van der Waals surface area contributed by atoms with E-state index in [2.05, 4.69) is 36.2 Å². The fraction of sp³-hybridized carbons (Fsp3) is 0.333. The molecule has 0 spiro atoms. The van der Waals surface area contributed by atoms with Gasteiger partial charge in [-0.3, -0.25) is 5.10 Å². The highest BCUT2D eigenvalue weighted by molar-refractivity contribution is 7.12. The Hall–Kier alpha value is -2.26. The van der Waals surface area contributed by atoms with E-state index in [1.807, 2.05) is 13.0 Å². The number of thiophene rings is 1. The third-order valence-electron chi connectivity index (χ3n) is 3.59. The molecule has 3 heterocycles. The molecule has 0 amide bonds. The zero-order chi connectivity index (χ0) is 15.1. The number of aryl methyl sites for hydroxylation is 1. The van der Waals surface area contributed by atoms with Crippen LogP contribution in [0, 0.1) is 18.3 Å². The molecular weight excluding hydrogens is 284 g/mol. The predicted octanol–water partition coefficient (Wildman–Crippen LogP) is 3.12. The minimum Gasteiger partial charge on any atom is -0.420 e. The summed E-state index contributed by atoms with van der Waals surface area (Å²) in [7, 11) is 0. The molecule has 6 heteroatoms. The van der Waals surface area contributed by atoms with Crippen LogP contribution in [-0.2, 0) is 0 Å². The highest BCUT2D eigenvalue weighted by atomic mass is 32.1. The number of nitrogens with two attached hydrogens (primary N) is 1. The summed E-state index contributed by atoms with van der Waals surface area (Å²) in [6, 6.07) is 6.30. The minimum absolute atomic E-state index is 0.142. The number of hydrogen-bond acceptors (Lipinski definition) is 5. The number of aromatic amines is 1. The highest BCUT2D eigenvalue weighted by Gasteiger charge is 2.36. The molecule has 0 saturated heterocycles. The first kappa shape index (κ1) is 13.7. The molecular formula is C15H16N4OS. The SMILES string of the molecule is Cc1ccc([C@H]2C(C#N)=C(N)Oc3n[nH]c(C(C)C)c32)s1. The Bertz CT molecular complexity index is 763. The standard InChI is InChI=1S/C15H16N4OS/c1-7(2)13-12-11(10-5-4-8(3)21-10)9(6-16)14(17)20-15(12)19-18-13/h4-5,7,11H,17H2,1-3H3,(H,18,19)/t11-/m1/s1. The first-order chi connectivity index (χ1) is 10.0. The number of hydrogen-bond donors (Lipinski definition) is 2. The Labute approximate surface area is 127 Å². The third-order valence-corrected chi connectivity index (χ3v) is 4.66. The second-order valence-corrected chi connectivity index (χ2v) is 6.70. The number of H-pyrrole nitrogens is 1. The van der Waals surface area contributed by atoms with Crippen molar-refractivity contribution in [3.8, 4) is 11.9 Å². The van der Waals surface area contributed by atoms with Gasteiger partial charge in [0.25, 0.3) is 0 Å². The van der Waals surface area contributed by atoms with Gasteiger partial charge in [0.05, 0.1) is 11.5 Å². The van der Waals surface area contributed by atoms with Gasteiger partial charge in [-0.25, -0.2) is 0 Å². The Morgan fingerprint density at radius 3 is 2.81 bits per heavy atom. The largest absolute Gasteiger partial charge is 0.420 e. The van der Waals surface area contributed by atoms with E-state index in [1.54, 1.807) is 11.3 Å². The topological polar surface area (TPSA) is 87.7 Å². The fourth-order valence-corrected chi connectivity index (χ4v) is 3.60. The monoisotopic (exact) mass is 300 g/mol. The molecule has 21 heavy (non-hydrogen) atoms. The van der Waals surface area contributed by atoms with Crippen LogP contribution < -0.4 is 10.5 Å². The zero-order valence-electron chi connectivity index (χ0n) is 12.1. The maximum atomic E-state index is 9.50. The van der Waals surface area contributed by atoms with Gasteiger partial charge in [0, 0.05) is 15.4 Å². The number of allylic oxidation sites excluding steroid dienone is 1. The van der Waals surface area contributed by atoms with E-state index in [4.69, 9.17) is 10.5 Å². The average molecular weight is 300 g/mol. The van der Waals surface area contributed by atoms with E-state index in [0.717, 1.165) is 16.1 Å². The van der Waals surface area contributed by atoms with Crippen molar-refractivity contribution in [1.29, 1.82) is 5.26 Å². The van der Waals surface area contributed by atoms with Gasteiger partial charge in [-0.1, -0.05) is 13.8 Å². The fourth-order valence-electron chi connectivity index (χ4n) is 2.60. The van der Waals surface area contributed by atoms with Crippen molar-refractivity contribution < 1.29 is 4.74 Å². The molecule has 0 aliphatic carbocycles. The Morgan fingerprint density at radius 2 is 2.24 bits per heavy atom. The van der Waals surface area contributed by atoms with Gasteiger partial charge >= 0.3 is 0 Å². The highest BCUT2D eigenvalue weighted by Crippen LogP contribution is 2.46. The van der Waals surface area contributed by atoms with Crippen LogP contribution in [0.15, 0.2) is 23.6 Å². The summed E-state index contributed by atoms with van der Waals surface area (Å²) >= 11 is 1.66. The van der Waals surface area contributed by atoms with Crippen molar-refractivity contribution in [2.75, 3.05) is 0 Å². The molecule has 0 fully saturated rings. The van der Waals surface area contributed by atoms with E-state index in [1.165, 1.54) is 4.88 Å². The smallest absolute Gasteiger partial charge is 0.244 e. The van der Waals surface area contributed by atoms with E-state index in [0.29, 0.717) is 11.5 Å². The lowest BCUT2D eigenvalue weighted by molar-refractivity contribution is 0.379. The summed E-state index contributed by atoms with van der Waals surface area (Å²) in [6.07, 6.45) is 0. The van der Waals surface area contributed by atoms with Crippen LogP contribution in [0.1, 0.15) is 46.7 Å². The maximum absolute atomic E-state index is 9.50. The van der Waals surface area contributed by atoms with Gasteiger partial charge in [-0.15, -0.1) is 16.4 Å². The summed E-state index contributed by atoms with van der Waals surface area (Å²) in [5, 5.41) is 16.7. The summed E-state index contributed by atoms with van der Waals surface area (Å²) in [5.74, 6) is 0.676. The molecule has 1 aliphatic heterocycles. The van der Waals surface area contributed by atoms with Crippen molar-refractivity contribution in [1.82, 2.24) is 10.2 Å². The molecule has 0 radical (unpaired) electrons. The number of fused-ring (bicyclic) bond motifs is 1. The molecule has 3 rings (SSSR count). The van der Waals surface area contributed by atoms with Gasteiger partial charge < -0.3 is 10.5 Å². The van der Waals surface area contributed by atoms with E-state index < -0.39 is 0 Å². The van der Waals surface area contributed by atoms with E-state index in [-0.39, 0.29) is 17.7 Å². The normalized spacial score (nSPS) is 17.6. The van der Waals surface area contributed by atoms with Crippen molar-refractivity contribution in [3.63, 3.8) is 0 Å². The van der Waals surface area contributed by atoms with Crippen molar-refractivity contribution in [2.24, 2.45) is 5.73 Å². The quantitative estimate of drug-likeness (QED) is 0.892. The number of nitrogens with one attached hydrogen (secondary N) is 1. The number of ether oxygens (including phenoxy) is 1. The minimum atomic E-state index is -0.200. The lowest BCUT2D eigenvalue weighted by Gasteiger charge is -2.23. The summed E-state index contributed by atoms with van der Waals surface area (Å²) in [4.78, 5) is 2.28. The van der Waals surface area contributed by atoms with Crippen molar-refractivity contribution >= 4 is 11.3 Å². The van der Waals surface area contributed by atoms with Crippen LogP contribution in [0.3, 0.4) is 0 Å². The molecule has 0 aromatic carbocycles. The summed E-state index contributed by atoms with van der Waals surface area (Å²) in [5.41, 5.74) is 8.28. The molecule has 2 aromatic rings. The van der Waals surface area contributed by atoms with E-state index >= 15 is 0 Å². The number of rotatable bonds is 2. The number of nitriles is 1. The third kappa shape index (κ3) is 2.10. The van der Waals surface area contributed by atoms with Crippen LogP contribution in [0.5, 0.6) is 5.88 Å². The predicted molar refractivity (Wildman–Crippen MR) is 81.0 cm³/mol. The second kappa shape index (κ2) is 4.93. The van der Waals surface area contributed by atoms with Gasteiger partial charge in [0.1, 0.15) is 11.6 Å². The van der Waals surface area contributed by atoms with Gasteiger partial charge in [-0.05, 0) is 25.0 Å². The molecule has 1 atom stereocenters. The van der Waals surface area contributed by atoms with E-state index in [9.17, 15) is 5.26 Å². The molecule has 0 saturated carbocycles. The van der Waals surface area contributed by atoms with Crippen LogP contribution >= 0.6 is 11.3 Å². The van der Waals surface area contributed by atoms with Crippen molar-refractivity contribution in [3.05, 3.63) is 44.6 Å². The number of aromatic nitrogens is 2. The average Bonchev–Trinajstić information content (AvgIpc) is 3.03.